The number of anilines is 2. The van der Waals surface area contributed by atoms with Crippen LogP contribution in [0.25, 0.3) is 11.8 Å². The molecule has 1 aromatic carbocycles. The lowest BCUT2D eigenvalue weighted by Gasteiger charge is -2.58. The molecule has 5 heterocycles. The van der Waals surface area contributed by atoms with Gasteiger partial charge in [-0.05, 0) is 80.8 Å². The number of aromatic hydroxyl groups is 1. The number of phenols is 1. The van der Waals surface area contributed by atoms with Gasteiger partial charge in [-0.25, -0.2) is 9.97 Å². The molecule has 9 heteroatoms. The minimum Gasteiger partial charge on any atom is -0.507 e. The number of benzene rings is 1. The molecule has 0 bridgehead atoms. The van der Waals surface area contributed by atoms with Gasteiger partial charge in [0.25, 0.3) is 0 Å². The summed E-state index contributed by atoms with van der Waals surface area (Å²) in [6, 6.07) is 7.90. The predicted molar refractivity (Wildman–Crippen MR) is 159 cm³/mol. The minimum atomic E-state index is 0.0199. The Kier molecular flexibility index (Phi) is 6.24. The number of fused-ring (bicyclic) bond motifs is 1. The van der Waals surface area contributed by atoms with Gasteiger partial charge in [0.2, 0.25) is 5.95 Å². The Morgan fingerprint density at radius 2 is 1.82 bits per heavy atom. The number of aromatic amines is 1. The molecule has 2 aromatic heterocycles. The molecule has 7 N–H and O–H groups in total. The first-order valence-corrected chi connectivity index (χ1v) is 14.7. The molecule has 0 amide bonds. The van der Waals surface area contributed by atoms with Gasteiger partial charge >= 0.3 is 0 Å². The van der Waals surface area contributed by atoms with E-state index < -0.39 is 0 Å². The summed E-state index contributed by atoms with van der Waals surface area (Å²) in [6.45, 7) is 7.78. The van der Waals surface area contributed by atoms with Gasteiger partial charge < -0.3 is 36.7 Å². The van der Waals surface area contributed by atoms with Crippen molar-refractivity contribution in [3.05, 3.63) is 64.6 Å². The molecular weight excluding hydrogens is 500 g/mol. The summed E-state index contributed by atoms with van der Waals surface area (Å²) in [5, 5.41) is 13.7. The van der Waals surface area contributed by atoms with Crippen molar-refractivity contribution in [2.45, 2.75) is 57.0 Å². The monoisotopic (exact) mass is 540 g/mol. The summed E-state index contributed by atoms with van der Waals surface area (Å²) in [5.41, 5.74) is 18.9. The van der Waals surface area contributed by atoms with Crippen LogP contribution in [0.3, 0.4) is 0 Å². The van der Waals surface area contributed by atoms with Gasteiger partial charge in [-0.1, -0.05) is 12.1 Å². The van der Waals surface area contributed by atoms with Crippen LogP contribution in [0.4, 0.5) is 11.8 Å². The maximum absolute atomic E-state index is 10.3. The summed E-state index contributed by atoms with van der Waals surface area (Å²) in [4.78, 5) is 18.0. The maximum Gasteiger partial charge on any atom is 0.225 e. The summed E-state index contributed by atoms with van der Waals surface area (Å²) in [5.74, 6) is 2.02. The number of aromatic nitrogens is 3. The van der Waals surface area contributed by atoms with Crippen LogP contribution in [0.15, 0.2) is 36.7 Å². The van der Waals surface area contributed by atoms with Crippen LogP contribution in [0.1, 0.15) is 72.5 Å². The third kappa shape index (κ3) is 4.32. The Morgan fingerprint density at radius 3 is 2.50 bits per heavy atom. The molecule has 3 aliphatic heterocycles. The number of phenolic OH excluding ortho intramolecular Hbond substituents is 1. The highest BCUT2D eigenvalue weighted by atomic mass is 16.3. The van der Waals surface area contributed by atoms with Crippen molar-refractivity contribution in [2.24, 2.45) is 11.1 Å². The fraction of sp³-hybridized carbons (Fsp3) is 0.484. The van der Waals surface area contributed by atoms with Crippen molar-refractivity contribution in [2.75, 3.05) is 43.4 Å². The Bertz CT molecular complexity index is 1410. The van der Waals surface area contributed by atoms with Crippen molar-refractivity contribution in [3.63, 3.8) is 0 Å². The fourth-order valence-electron chi connectivity index (χ4n) is 7.49. The van der Waals surface area contributed by atoms with E-state index in [1.807, 2.05) is 24.5 Å². The van der Waals surface area contributed by atoms with Crippen LogP contribution in [0.5, 0.6) is 5.75 Å². The number of likely N-dealkylation sites (tertiary alicyclic amines) is 1. The topological polar surface area (TPSA) is 132 Å². The van der Waals surface area contributed by atoms with Crippen LogP contribution < -0.4 is 21.7 Å². The summed E-state index contributed by atoms with van der Waals surface area (Å²) < 4.78 is 0. The second-order valence-corrected chi connectivity index (χ2v) is 12.4. The zero-order chi connectivity index (χ0) is 27.4. The molecule has 1 spiro atoms. The van der Waals surface area contributed by atoms with Crippen LogP contribution >= 0.6 is 0 Å². The van der Waals surface area contributed by atoms with E-state index in [9.17, 15) is 5.11 Å². The summed E-state index contributed by atoms with van der Waals surface area (Å²) in [6.07, 6.45) is 11.9. The smallest absolute Gasteiger partial charge is 0.225 e. The summed E-state index contributed by atoms with van der Waals surface area (Å²) in [7, 11) is 0. The van der Waals surface area contributed by atoms with Crippen molar-refractivity contribution < 1.29 is 5.11 Å². The standard InChI is InChI=1S/C31H40N8O/c1-19-28-24(12-25(32)23-4-2-3-5-27(23)40)29(33)37-26(28)8-11-39(19)30-35-15-21(16-36-30)20-6-9-38(10-7-20)22-13-31(14-22)17-34-18-31/h2-5,12,15-16,19-20,22,34,37,40H,6-11,13-14,17-18,32-33H2,1H3/b25-12-. The number of nitrogens with two attached hydrogens (primary N) is 2. The second-order valence-electron chi connectivity index (χ2n) is 12.4. The zero-order valence-electron chi connectivity index (χ0n) is 23.2. The van der Waals surface area contributed by atoms with E-state index in [1.165, 1.54) is 57.4 Å². The zero-order valence-corrected chi connectivity index (χ0v) is 23.2. The number of nitrogens with zero attached hydrogens (tertiary/aromatic N) is 4. The molecule has 4 aliphatic rings. The van der Waals surface area contributed by atoms with Crippen molar-refractivity contribution in [3.8, 4) is 5.75 Å². The van der Waals surface area contributed by atoms with Gasteiger partial charge in [0.1, 0.15) is 11.6 Å². The Balaban J connectivity index is 1.04. The molecule has 210 valence electrons. The van der Waals surface area contributed by atoms with Gasteiger partial charge in [0.05, 0.1) is 6.04 Å². The van der Waals surface area contributed by atoms with Crippen LogP contribution in [0, 0.1) is 5.41 Å². The number of H-pyrrole nitrogens is 1. The maximum atomic E-state index is 10.3. The first-order valence-electron chi connectivity index (χ1n) is 14.7. The molecule has 3 aromatic rings. The predicted octanol–water partition coefficient (Wildman–Crippen LogP) is 3.60. The molecule has 2 saturated heterocycles. The third-order valence-corrected chi connectivity index (χ3v) is 9.96. The van der Waals surface area contributed by atoms with Gasteiger partial charge in [-0.2, -0.15) is 0 Å². The number of para-hydroxylation sites is 1. The highest BCUT2D eigenvalue weighted by molar-refractivity contribution is 5.86. The molecule has 1 saturated carbocycles. The van der Waals surface area contributed by atoms with E-state index in [0.29, 0.717) is 28.4 Å². The average molecular weight is 541 g/mol. The molecule has 1 aliphatic carbocycles. The first-order chi connectivity index (χ1) is 19.4. The van der Waals surface area contributed by atoms with E-state index in [-0.39, 0.29) is 11.8 Å². The normalized spacial score (nSPS) is 23.6. The molecule has 9 nitrogen and oxygen atoms in total. The molecular formula is C31H40N8O. The summed E-state index contributed by atoms with van der Waals surface area (Å²) >= 11 is 0. The van der Waals surface area contributed by atoms with Gasteiger partial charge in [-0.15, -0.1) is 0 Å². The minimum absolute atomic E-state index is 0.0199. The van der Waals surface area contributed by atoms with Crippen molar-refractivity contribution in [1.82, 2.24) is 25.2 Å². The third-order valence-electron chi connectivity index (χ3n) is 9.96. The van der Waals surface area contributed by atoms with Crippen molar-refractivity contribution in [1.29, 1.82) is 0 Å². The lowest BCUT2D eigenvalue weighted by molar-refractivity contribution is -0.0432. The lowest BCUT2D eigenvalue weighted by Crippen LogP contribution is -2.65. The lowest BCUT2D eigenvalue weighted by atomic mass is 9.61. The number of rotatable bonds is 5. The van der Waals surface area contributed by atoms with Gasteiger partial charge in [0.15, 0.2) is 0 Å². The van der Waals surface area contributed by atoms with Crippen molar-refractivity contribution >= 4 is 23.5 Å². The largest absolute Gasteiger partial charge is 0.507 e. The van der Waals surface area contributed by atoms with Crippen LogP contribution in [0.2, 0.25) is 0 Å². The molecule has 3 fully saturated rings. The van der Waals surface area contributed by atoms with Crippen LogP contribution in [-0.4, -0.2) is 63.7 Å². The quantitative estimate of drug-likeness (QED) is 0.332. The van der Waals surface area contributed by atoms with Gasteiger partial charge in [-0.3, -0.25) is 0 Å². The number of nitrogen functional groups attached to an aromatic ring is 1. The Hall–Kier alpha value is -3.56. The molecule has 1 unspecified atom stereocenters. The number of hydrogen-bond acceptors (Lipinski definition) is 8. The van der Waals surface area contributed by atoms with E-state index in [0.717, 1.165) is 41.8 Å². The van der Waals surface area contributed by atoms with E-state index in [4.69, 9.17) is 21.4 Å². The highest BCUT2D eigenvalue weighted by Gasteiger charge is 2.50. The van der Waals surface area contributed by atoms with E-state index in [2.05, 4.69) is 27.0 Å². The number of hydrogen-bond donors (Lipinski definition) is 5. The van der Waals surface area contributed by atoms with E-state index in [1.54, 1.807) is 18.2 Å². The first kappa shape index (κ1) is 25.4. The molecule has 7 rings (SSSR count). The fourth-order valence-corrected chi connectivity index (χ4v) is 7.49. The Labute approximate surface area is 235 Å². The highest BCUT2D eigenvalue weighted by Crippen LogP contribution is 2.47. The molecule has 0 radical (unpaired) electrons. The molecule has 40 heavy (non-hydrogen) atoms. The van der Waals surface area contributed by atoms with Crippen LogP contribution in [-0.2, 0) is 6.42 Å². The van der Waals surface area contributed by atoms with E-state index >= 15 is 0 Å². The molecule has 1 atom stereocenters. The number of nitrogens with one attached hydrogen (secondary N) is 2. The Morgan fingerprint density at radius 1 is 1.10 bits per heavy atom. The second kappa shape index (κ2) is 9.82. The SMILES string of the molecule is CC1c2c([nH]c(N)c2/C=C(\N)c2ccccc2O)CCN1c1ncc(C2CCN(C3CC4(CNC4)C3)CC2)cn1. The van der Waals surface area contributed by atoms with Gasteiger partial charge in [0, 0.05) is 72.6 Å². The number of piperidine rings is 1. The average Bonchev–Trinajstić information content (AvgIpc) is 3.23.